The molecule has 0 radical (unpaired) electrons. The van der Waals surface area contributed by atoms with Crippen LogP contribution in [0.15, 0.2) is 29.4 Å². The summed E-state index contributed by atoms with van der Waals surface area (Å²) in [7, 11) is 0. The van der Waals surface area contributed by atoms with Gasteiger partial charge in [-0.2, -0.15) is 0 Å². The number of benzene rings is 1. The predicted octanol–water partition coefficient (Wildman–Crippen LogP) is 3.79. The first-order chi connectivity index (χ1) is 10.9. The first-order valence-corrected chi connectivity index (χ1v) is 8.81. The molecule has 1 aromatic heterocycles. The van der Waals surface area contributed by atoms with Crippen molar-refractivity contribution < 1.29 is 4.79 Å². The zero-order chi connectivity index (χ0) is 16.9. The lowest BCUT2D eigenvalue weighted by Crippen LogP contribution is -2.14. The maximum atomic E-state index is 12.0. The van der Waals surface area contributed by atoms with Gasteiger partial charge in [0.25, 0.3) is 0 Å². The van der Waals surface area contributed by atoms with Crippen molar-refractivity contribution >= 4 is 23.4 Å². The fourth-order valence-electron chi connectivity index (χ4n) is 2.02. The van der Waals surface area contributed by atoms with Gasteiger partial charge in [0.15, 0.2) is 0 Å². The first-order valence-electron chi connectivity index (χ1n) is 7.83. The average molecular weight is 332 g/mol. The van der Waals surface area contributed by atoms with Gasteiger partial charge in [-0.1, -0.05) is 58.0 Å². The molecule has 1 heterocycles. The van der Waals surface area contributed by atoms with E-state index < -0.39 is 0 Å². The molecule has 0 aliphatic carbocycles. The molecular weight excluding hydrogens is 308 g/mol. The van der Waals surface area contributed by atoms with Crippen LogP contribution in [-0.4, -0.2) is 26.8 Å². The van der Waals surface area contributed by atoms with Crippen LogP contribution in [0.2, 0.25) is 0 Å². The third-order valence-electron chi connectivity index (χ3n) is 3.28. The summed E-state index contributed by atoms with van der Waals surface area (Å²) in [6.45, 7) is 8.35. The number of aromatic amines is 1. The number of carbonyl (C=O) groups excluding carboxylic acids is 1. The lowest BCUT2D eigenvalue weighted by molar-refractivity contribution is -0.113. The van der Waals surface area contributed by atoms with Gasteiger partial charge in [0.2, 0.25) is 11.1 Å². The number of carbonyl (C=O) groups is 1. The van der Waals surface area contributed by atoms with Gasteiger partial charge in [0.05, 0.1) is 5.75 Å². The molecule has 0 fully saturated rings. The minimum absolute atomic E-state index is 0.0552. The molecule has 0 aliphatic heterocycles. The van der Waals surface area contributed by atoms with Crippen molar-refractivity contribution in [3.05, 3.63) is 35.7 Å². The van der Waals surface area contributed by atoms with Crippen LogP contribution >= 0.6 is 11.8 Å². The van der Waals surface area contributed by atoms with E-state index in [1.807, 2.05) is 12.1 Å². The lowest BCUT2D eigenvalue weighted by Gasteiger charge is -2.12. The number of hydrogen-bond acceptors (Lipinski definition) is 4. The van der Waals surface area contributed by atoms with Crippen molar-refractivity contribution in [2.24, 2.45) is 0 Å². The highest BCUT2D eigenvalue weighted by Gasteiger charge is 2.19. The number of amides is 1. The van der Waals surface area contributed by atoms with E-state index in [0.29, 0.717) is 5.16 Å². The van der Waals surface area contributed by atoms with Gasteiger partial charge in [0, 0.05) is 11.1 Å². The van der Waals surface area contributed by atoms with Crippen molar-refractivity contribution in [2.45, 2.75) is 51.1 Å². The minimum atomic E-state index is -0.0751. The molecule has 6 heteroatoms. The van der Waals surface area contributed by atoms with E-state index >= 15 is 0 Å². The molecular formula is C17H24N4OS. The molecule has 23 heavy (non-hydrogen) atoms. The fraction of sp³-hybridized carbons (Fsp3) is 0.471. The summed E-state index contributed by atoms with van der Waals surface area (Å²) in [5, 5.41) is 10.6. The second-order valence-corrected chi connectivity index (χ2v) is 7.44. The second kappa shape index (κ2) is 7.64. The molecule has 2 N–H and O–H groups in total. The lowest BCUT2D eigenvalue weighted by atomic mass is 9.96. The van der Waals surface area contributed by atoms with Crippen molar-refractivity contribution in [1.29, 1.82) is 0 Å². The predicted molar refractivity (Wildman–Crippen MR) is 94.9 cm³/mol. The zero-order valence-electron chi connectivity index (χ0n) is 14.1. The zero-order valence-corrected chi connectivity index (χ0v) is 15.0. The Labute approximate surface area is 141 Å². The minimum Gasteiger partial charge on any atom is -0.325 e. The summed E-state index contributed by atoms with van der Waals surface area (Å²) in [6, 6.07) is 7.99. The van der Waals surface area contributed by atoms with Gasteiger partial charge in [-0.25, -0.2) is 4.98 Å². The summed E-state index contributed by atoms with van der Waals surface area (Å²) < 4.78 is 0. The molecule has 0 saturated carbocycles. The van der Waals surface area contributed by atoms with Crippen molar-refractivity contribution in [3.8, 4) is 0 Å². The van der Waals surface area contributed by atoms with Crippen LogP contribution in [0.1, 0.15) is 45.5 Å². The largest absolute Gasteiger partial charge is 0.325 e. The number of hydrogen-bond donors (Lipinski definition) is 2. The van der Waals surface area contributed by atoms with Gasteiger partial charge < -0.3 is 5.32 Å². The highest BCUT2D eigenvalue weighted by atomic mass is 32.2. The van der Waals surface area contributed by atoms with Crippen LogP contribution in [0, 0.1) is 0 Å². The number of thioether (sulfide) groups is 1. The average Bonchev–Trinajstić information content (AvgIpc) is 2.97. The summed E-state index contributed by atoms with van der Waals surface area (Å²) in [5.74, 6) is 1.06. The summed E-state index contributed by atoms with van der Waals surface area (Å²) in [5.41, 5.74) is 2.03. The molecule has 0 atom stereocenters. The molecule has 2 aromatic rings. The van der Waals surface area contributed by atoms with Crippen LogP contribution in [0.3, 0.4) is 0 Å². The quantitative estimate of drug-likeness (QED) is 0.790. The van der Waals surface area contributed by atoms with Crippen molar-refractivity contribution in [2.75, 3.05) is 11.1 Å². The van der Waals surface area contributed by atoms with Gasteiger partial charge >= 0.3 is 0 Å². The molecule has 124 valence electrons. The smallest absolute Gasteiger partial charge is 0.234 e. The summed E-state index contributed by atoms with van der Waals surface area (Å²) in [4.78, 5) is 16.4. The molecule has 1 aromatic carbocycles. The Morgan fingerprint density at radius 1 is 1.26 bits per heavy atom. The van der Waals surface area contributed by atoms with Gasteiger partial charge in [-0.3, -0.25) is 9.89 Å². The van der Waals surface area contributed by atoms with Crippen LogP contribution in [-0.2, 0) is 16.6 Å². The Kier molecular flexibility index (Phi) is 5.82. The summed E-state index contributed by atoms with van der Waals surface area (Å²) >= 11 is 1.33. The highest BCUT2D eigenvalue weighted by Crippen LogP contribution is 2.21. The monoisotopic (exact) mass is 332 g/mol. The third-order valence-corrected chi connectivity index (χ3v) is 4.13. The highest BCUT2D eigenvalue weighted by molar-refractivity contribution is 7.99. The first kappa shape index (κ1) is 17.5. The third kappa shape index (κ3) is 5.39. The van der Waals surface area contributed by atoms with Crippen molar-refractivity contribution in [1.82, 2.24) is 15.2 Å². The maximum absolute atomic E-state index is 12.0. The SMILES string of the molecule is CCCc1ccc(NC(=O)CSc2n[nH]c(C(C)(C)C)n2)cc1. The molecule has 0 aliphatic rings. The van der Waals surface area contributed by atoms with Gasteiger partial charge in [-0.05, 0) is 24.1 Å². The number of anilines is 1. The Morgan fingerprint density at radius 3 is 2.52 bits per heavy atom. The molecule has 1 amide bonds. The van der Waals surface area contributed by atoms with Crippen LogP contribution in [0.4, 0.5) is 5.69 Å². The summed E-state index contributed by atoms with van der Waals surface area (Å²) in [6.07, 6.45) is 2.18. The molecule has 0 bridgehead atoms. The Morgan fingerprint density at radius 2 is 1.96 bits per heavy atom. The topological polar surface area (TPSA) is 70.7 Å². The Balaban J connectivity index is 1.84. The van der Waals surface area contributed by atoms with Gasteiger partial charge in [-0.15, -0.1) is 5.10 Å². The number of nitrogens with one attached hydrogen (secondary N) is 2. The Bertz CT molecular complexity index is 643. The van der Waals surface area contributed by atoms with Crippen LogP contribution in [0.5, 0.6) is 0 Å². The number of aryl methyl sites for hydroxylation is 1. The van der Waals surface area contributed by atoms with E-state index in [1.165, 1.54) is 17.3 Å². The normalized spacial score (nSPS) is 11.5. The van der Waals surface area contributed by atoms with E-state index in [-0.39, 0.29) is 17.1 Å². The van der Waals surface area contributed by atoms with Crippen LogP contribution in [0.25, 0.3) is 0 Å². The number of aromatic nitrogens is 3. The molecule has 0 saturated heterocycles. The number of nitrogens with zero attached hydrogens (tertiary/aromatic N) is 2. The van der Waals surface area contributed by atoms with E-state index in [0.717, 1.165) is 24.4 Å². The standard InChI is InChI=1S/C17H24N4OS/c1-5-6-12-7-9-13(10-8-12)18-14(22)11-23-16-19-15(20-21-16)17(2,3)4/h7-10H,5-6,11H2,1-4H3,(H,18,22)(H,19,20,21). The molecule has 2 rings (SSSR count). The van der Waals surface area contributed by atoms with E-state index in [9.17, 15) is 4.79 Å². The second-order valence-electron chi connectivity index (χ2n) is 6.50. The van der Waals surface area contributed by atoms with Crippen molar-refractivity contribution in [3.63, 3.8) is 0 Å². The van der Waals surface area contributed by atoms with Gasteiger partial charge in [0.1, 0.15) is 5.82 Å². The Hall–Kier alpha value is -1.82. The van der Waals surface area contributed by atoms with E-state index in [1.54, 1.807) is 0 Å². The van der Waals surface area contributed by atoms with E-state index in [4.69, 9.17) is 0 Å². The molecule has 0 spiro atoms. The number of H-pyrrole nitrogens is 1. The fourth-order valence-corrected chi connectivity index (χ4v) is 2.62. The molecule has 5 nitrogen and oxygen atoms in total. The maximum Gasteiger partial charge on any atom is 0.234 e. The van der Waals surface area contributed by atoms with Crippen LogP contribution < -0.4 is 5.32 Å². The molecule has 0 unspecified atom stereocenters. The van der Waals surface area contributed by atoms with E-state index in [2.05, 4.69) is 60.3 Å². The number of rotatable bonds is 6.